The number of benzene rings is 2. The summed E-state index contributed by atoms with van der Waals surface area (Å²) < 4.78 is 2.26. The maximum absolute atomic E-state index is 5.90. The van der Waals surface area contributed by atoms with E-state index in [1.165, 1.54) is 9.13 Å². The van der Waals surface area contributed by atoms with Gasteiger partial charge in [-0.05, 0) is 58.5 Å². The summed E-state index contributed by atoms with van der Waals surface area (Å²) in [5.74, 6) is 0. The highest BCUT2D eigenvalue weighted by atomic mass is 127. The van der Waals surface area contributed by atoms with Gasteiger partial charge in [-0.1, -0.05) is 39.7 Å². The van der Waals surface area contributed by atoms with E-state index in [0.29, 0.717) is 0 Å². The van der Waals surface area contributed by atoms with Crippen molar-refractivity contribution in [2.45, 2.75) is 6.54 Å². The zero-order valence-corrected chi connectivity index (χ0v) is 13.4. The van der Waals surface area contributed by atoms with Crippen molar-refractivity contribution < 1.29 is 0 Å². The predicted molar refractivity (Wildman–Crippen MR) is 85.6 cm³/mol. The Hall–Kier alpha value is -0.260. The third-order valence-corrected chi connectivity index (χ3v) is 3.97. The lowest BCUT2D eigenvalue weighted by atomic mass is 10.2. The van der Waals surface area contributed by atoms with Gasteiger partial charge in [0, 0.05) is 25.3 Å². The van der Waals surface area contributed by atoms with Gasteiger partial charge in [0.15, 0.2) is 0 Å². The van der Waals surface area contributed by atoms with E-state index >= 15 is 0 Å². The Balaban J connectivity index is 2.07. The summed E-state index contributed by atoms with van der Waals surface area (Å²) in [5, 5.41) is 4.13. The third-order valence-electron chi connectivity index (χ3n) is 2.32. The van der Waals surface area contributed by atoms with Gasteiger partial charge in [0.05, 0.1) is 0 Å². The number of halogens is 3. The Morgan fingerprint density at radius 3 is 2.71 bits per heavy atom. The number of rotatable bonds is 3. The maximum Gasteiger partial charge on any atom is 0.0417 e. The number of anilines is 1. The van der Waals surface area contributed by atoms with Crippen LogP contribution in [0.25, 0.3) is 0 Å². The molecule has 0 heterocycles. The first-order valence-electron chi connectivity index (χ1n) is 5.08. The fourth-order valence-corrected chi connectivity index (χ4v) is 2.83. The molecule has 2 aromatic rings. The zero-order chi connectivity index (χ0) is 12.3. The second kappa shape index (κ2) is 6.07. The molecule has 0 atom stereocenters. The van der Waals surface area contributed by atoms with E-state index in [2.05, 4.69) is 62.0 Å². The molecule has 4 heteroatoms. The van der Waals surface area contributed by atoms with Crippen LogP contribution >= 0.6 is 50.1 Å². The van der Waals surface area contributed by atoms with E-state index in [1.54, 1.807) is 0 Å². The Bertz CT molecular complexity index is 531. The molecular formula is C13H10BrClIN. The van der Waals surface area contributed by atoms with Crippen molar-refractivity contribution in [2.75, 3.05) is 5.32 Å². The summed E-state index contributed by atoms with van der Waals surface area (Å²) in [6.45, 7) is 0.776. The van der Waals surface area contributed by atoms with Gasteiger partial charge >= 0.3 is 0 Å². The molecule has 17 heavy (non-hydrogen) atoms. The highest BCUT2D eigenvalue weighted by Gasteiger charge is 2.01. The van der Waals surface area contributed by atoms with Crippen LogP contribution in [0.5, 0.6) is 0 Å². The first kappa shape index (κ1) is 13.2. The van der Waals surface area contributed by atoms with Gasteiger partial charge in [-0.2, -0.15) is 0 Å². The average molecular weight is 422 g/mol. The molecule has 0 bridgehead atoms. The number of hydrogen-bond donors (Lipinski definition) is 1. The minimum Gasteiger partial charge on any atom is -0.381 e. The van der Waals surface area contributed by atoms with E-state index in [-0.39, 0.29) is 0 Å². The average Bonchev–Trinajstić information content (AvgIpc) is 2.28. The second-order valence-electron chi connectivity index (χ2n) is 3.60. The largest absolute Gasteiger partial charge is 0.381 e. The van der Waals surface area contributed by atoms with Gasteiger partial charge in [0.25, 0.3) is 0 Å². The molecule has 2 rings (SSSR count). The van der Waals surface area contributed by atoms with E-state index in [4.69, 9.17) is 11.6 Å². The third kappa shape index (κ3) is 3.86. The minimum atomic E-state index is 0.745. The molecule has 0 radical (unpaired) electrons. The van der Waals surface area contributed by atoms with E-state index < -0.39 is 0 Å². The topological polar surface area (TPSA) is 12.0 Å². The van der Waals surface area contributed by atoms with Crippen molar-refractivity contribution in [1.82, 2.24) is 0 Å². The molecule has 0 amide bonds. The van der Waals surface area contributed by atoms with Crippen LogP contribution in [0.4, 0.5) is 5.69 Å². The Kier molecular flexibility index (Phi) is 4.70. The fourth-order valence-electron chi connectivity index (χ4n) is 1.46. The quantitative estimate of drug-likeness (QED) is 0.661. The molecule has 1 nitrogen and oxygen atoms in total. The molecule has 0 aliphatic carbocycles. The van der Waals surface area contributed by atoms with E-state index in [0.717, 1.165) is 21.7 Å². The van der Waals surface area contributed by atoms with E-state index in [9.17, 15) is 0 Å². The van der Waals surface area contributed by atoms with Crippen LogP contribution in [0, 0.1) is 3.57 Å². The molecule has 88 valence electrons. The standard InChI is InChI=1S/C13H10BrClIN/c14-13-6-10(15)5-4-9(13)8-17-12-3-1-2-11(16)7-12/h1-7,17H,8H2. The number of hydrogen-bond acceptors (Lipinski definition) is 1. The summed E-state index contributed by atoms with van der Waals surface area (Å²) >= 11 is 11.7. The maximum atomic E-state index is 5.90. The normalized spacial score (nSPS) is 10.3. The molecule has 0 unspecified atom stereocenters. The molecular weight excluding hydrogens is 412 g/mol. The molecule has 0 aromatic heterocycles. The van der Waals surface area contributed by atoms with Crippen LogP contribution in [0.3, 0.4) is 0 Å². The second-order valence-corrected chi connectivity index (χ2v) is 6.14. The Morgan fingerprint density at radius 1 is 1.18 bits per heavy atom. The van der Waals surface area contributed by atoms with Gasteiger partial charge in [-0.25, -0.2) is 0 Å². The lowest BCUT2D eigenvalue weighted by molar-refractivity contribution is 1.14. The Morgan fingerprint density at radius 2 is 2.00 bits per heavy atom. The lowest BCUT2D eigenvalue weighted by Gasteiger charge is -2.08. The number of nitrogens with one attached hydrogen (secondary N) is 1. The summed E-state index contributed by atoms with van der Waals surface area (Å²) in [7, 11) is 0. The predicted octanol–water partition coefficient (Wildman–Crippen LogP) is 5.32. The van der Waals surface area contributed by atoms with Crippen molar-refractivity contribution in [3.63, 3.8) is 0 Å². The first-order valence-corrected chi connectivity index (χ1v) is 7.33. The molecule has 0 aliphatic rings. The van der Waals surface area contributed by atoms with Crippen molar-refractivity contribution in [2.24, 2.45) is 0 Å². The molecule has 0 saturated heterocycles. The summed E-state index contributed by atoms with van der Waals surface area (Å²) in [4.78, 5) is 0. The monoisotopic (exact) mass is 421 g/mol. The van der Waals surface area contributed by atoms with Crippen LogP contribution in [0.15, 0.2) is 46.9 Å². The van der Waals surface area contributed by atoms with Crippen molar-refractivity contribution >= 4 is 55.8 Å². The summed E-state index contributed by atoms with van der Waals surface area (Å²) in [6.07, 6.45) is 0. The highest BCUT2D eigenvalue weighted by molar-refractivity contribution is 14.1. The smallest absolute Gasteiger partial charge is 0.0417 e. The molecule has 0 fully saturated rings. The Labute approximate surface area is 128 Å². The van der Waals surface area contributed by atoms with Crippen LogP contribution in [-0.4, -0.2) is 0 Å². The van der Waals surface area contributed by atoms with Crippen molar-refractivity contribution in [3.8, 4) is 0 Å². The molecule has 0 aliphatic heterocycles. The molecule has 2 aromatic carbocycles. The van der Waals surface area contributed by atoms with Crippen molar-refractivity contribution in [1.29, 1.82) is 0 Å². The van der Waals surface area contributed by atoms with Crippen LogP contribution in [-0.2, 0) is 6.54 Å². The summed E-state index contributed by atoms with van der Waals surface area (Å²) in [5.41, 5.74) is 2.31. The van der Waals surface area contributed by atoms with E-state index in [1.807, 2.05) is 24.3 Å². The van der Waals surface area contributed by atoms with Crippen LogP contribution in [0.1, 0.15) is 5.56 Å². The fraction of sp³-hybridized carbons (Fsp3) is 0.0769. The van der Waals surface area contributed by atoms with Crippen LogP contribution in [0.2, 0.25) is 5.02 Å². The highest BCUT2D eigenvalue weighted by Crippen LogP contribution is 2.22. The molecule has 1 N–H and O–H groups in total. The van der Waals surface area contributed by atoms with Gasteiger partial charge in [-0.3, -0.25) is 0 Å². The summed E-state index contributed by atoms with van der Waals surface area (Å²) in [6, 6.07) is 14.1. The van der Waals surface area contributed by atoms with Gasteiger partial charge in [0.1, 0.15) is 0 Å². The minimum absolute atomic E-state index is 0.745. The molecule has 0 spiro atoms. The zero-order valence-electron chi connectivity index (χ0n) is 8.88. The lowest BCUT2D eigenvalue weighted by Crippen LogP contribution is -2.00. The SMILES string of the molecule is Clc1ccc(CNc2cccc(I)c2)c(Br)c1. The van der Waals surface area contributed by atoms with Gasteiger partial charge in [-0.15, -0.1) is 0 Å². The first-order chi connectivity index (χ1) is 8.15. The van der Waals surface area contributed by atoms with Crippen LogP contribution < -0.4 is 5.32 Å². The van der Waals surface area contributed by atoms with Crippen molar-refractivity contribution in [3.05, 3.63) is 61.1 Å². The van der Waals surface area contributed by atoms with Gasteiger partial charge in [0.2, 0.25) is 0 Å². The molecule has 0 saturated carbocycles. The van der Waals surface area contributed by atoms with Gasteiger partial charge < -0.3 is 5.32 Å².